The number of ether oxygens (including phenoxy) is 1. The lowest BCUT2D eigenvalue weighted by molar-refractivity contribution is -0.210. The van der Waals surface area contributed by atoms with Crippen LogP contribution < -0.4 is 10.5 Å². The standard InChI is InChI=1S/C23H32N2O3/c1-12-5-6-16-21(2,3)17(27)7-8-22(16,4)23(12)10-14-15(26)9-13-11-25-20(24)18(13)19(14)28-23/h9,12,16-17,26-27H,5-8,10-11H2,1-4H3,(H2,24,25)/t12-,16-,17-,22+,23+/m1/s1. The van der Waals surface area contributed by atoms with E-state index < -0.39 is 0 Å². The minimum atomic E-state index is -0.384. The number of benzene rings is 1. The third-order valence-corrected chi connectivity index (χ3v) is 8.96. The van der Waals surface area contributed by atoms with Crippen molar-refractivity contribution in [1.82, 2.24) is 0 Å². The summed E-state index contributed by atoms with van der Waals surface area (Å²) in [6.07, 6.45) is 4.33. The van der Waals surface area contributed by atoms with E-state index in [-0.39, 0.29) is 22.5 Å². The van der Waals surface area contributed by atoms with E-state index in [2.05, 4.69) is 32.7 Å². The quantitative estimate of drug-likeness (QED) is 0.639. The fraction of sp³-hybridized carbons (Fsp3) is 0.696. The van der Waals surface area contributed by atoms with Crippen LogP contribution in [-0.4, -0.2) is 27.8 Å². The maximum absolute atomic E-state index is 10.8. The smallest absolute Gasteiger partial charge is 0.138 e. The molecule has 5 atom stereocenters. The Labute approximate surface area is 167 Å². The number of phenolic OH excluding ortho intramolecular Hbond substituents is 1. The van der Waals surface area contributed by atoms with Gasteiger partial charge in [0.05, 0.1) is 18.2 Å². The fourth-order valence-corrected chi connectivity index (χ4v) is 7.20. The Bertz CT molecular complexity index is 892. The van der Waals surface area contributed by atoms with E-state index in [4.69, 9.17) is 10.5 Å². The molecule has 5 rings (SSSR count). The SMILES string of the molecule is C[C@@H]1CC[C@@H]2C(C)(C)[C@H](O)CC[C@]2(C)[C@]12Cc1c(O)cc3c(c1O2)C(N)=NC3. The molecule has 5 nitrogen and oxygen atoms in total. The molecule has 1 aromatic rings. The van der Waals surface area contributed by atoms with Crippen LogP contribution in [-0.2, 0) is 13.0 Å². The zero-order valence-corrected chi connectivity index (χ0v) is 17.4. The molecule has 1 spiro atoms. The van der Waals surface area contributed by atoms with Crippen molar-refractivity contribution in [3.05, 3.63) is 22.8 Å². The largest absolute Gasteiger partial charge is 0.508 e. The molecule has 2 saturated carbocycles. The predicted octanol–water partition coefficient (Wildman–Crippen LogP) is 3.52. The highest BCUT2D eigenvalue weighted by Crippen LogP contribution is 2.67. The Morgan fingerprint density at radius 2 is 1.96 bits per heavy atom. The summed E-state index contributed by atoms with van der Waals surface area (Å²) in [5, 5.41) is 21.5. The van der Waals surface area contributed by atoms with E-state index in [1.807, 2.05) is 6.07 Å². The van der Waals surface area contributed by atoms with Gasteiger partial charge in [0, 0.05) is 17.4 Å². The second-order valence-electron chi connectivity index (χ2n) is 10.4. The molecule has 1 aromatic carbocycles. The molecular formula is C23H32N2O3. The molecule has 0 saturated heterocycles. The topological polar surface area (TPSA) is 88.1 Å². The number of fused-ring (bicyclic) bond motifs is 5. The second kappa shape index (κ2) is 5.44. The van der Waals surface area contributed by atoms with Crippen LogP contribution in [0, 0.1) is 22.7 Å². The van der Waals surface area contributed by atoms with Gasteiger partial charge in [-0.15, -0.1) is 0 Å². The first kappa shape index (κ1) is 18.3. The van der Waals surface area contributed by atoms with Crippen molar-refractivity contribution < 1.29 is 14.9 Å². The van der Waals surface area contributed by atoms with Crippen LogP contribution in [0.1, 0.15) is 70.1 Å². The molecule has 152 valence electrons. The lowest BCUT2D eigenvalue weighted by atomic mass is 9.43. The molecule has 4 aliphatic rings. The van der Waals surface area contributed by atoms with Gasteiger partial charge < -0.3 is 20.7 Å². The number of nitrogens with zero attached hydrogens (tertiary/aromatic N) is 1. The molecule has 0 radical (unpaired) electrons. The highest BCUT2D eigenvalue weighted by Gasteiger charge is 2.67. The van der Waals surface area contributed by atoms with Crippen molar-refractivity contribution in [3.63, 3.8) is 0 Å². The number of aliphatic hydroxyl groups is 1. The summed E-state index contributed by atoms with van der Waals surface area (Å²) >= 11 is 0. The van der Waals surface area contributed by atoms with E-state index in [0.717, 1.165) is 48.1 Å². The molecule has 0 amide bonds. The first-order valence-electron chi connectivity index (χ1n) is 10.7. The van der Waals surface area contributed by atoms with E-state index in [9.17, 15) is 10.2 Å². The van der Waals surface area contributed by atoms with Crippen molar-refractivity contribution >= 4 is 5.84 Å². The molecule has 4 N–H and O–H groups in total. The highest BCUT2D eigenvalue weighted by molar-refractivity contribution is 6.04. The van der Waals surface area contributed by atoms with Crippen LogP contribution in [0.3, 0.4) is 0 Å². The third-order valence-electron chi connectivity index (χ3n) is 8.96. The predicted molar refractivity (Wildman–Crippen MR) is 109 cm³/mol. The number of hydrogen-bond acceptors (Lipinski definition) is 5. The summed E-state index contributed by atoms with van der Waals surface area (Å²) in [6, 6.07) is 1.82. The minimum absolute atomic E-state index is 0.0732. The fourth-order valence-electron chi connectivity index (χ4n) is 7.20. The Hall–Kier alpha value is -1.75. The van der Waals surface area contributed by atoms with E-state index in [1.54, 1.807) is 0 Å². The van der Waals surface area contributed by atoms with Gasteiger partial charge in [0.2, 0.25) is 0 Å². The van der Waals surface area contributed by atoms with Crippen molar-refractivity contribution in [3.8, 4) is 11.5 Å². The van der Waals surface area contributed by atoms with Gasteiger partial charge in [-0.1, -0.05) is 27.7 Å². The molecule has 2 aliphatic heterocycles. The summed E-state index contributed by atoms with van der Waals surface area (Å²) in [4.78, 5) is 4.38. The molecule has 0 unspecified atom stereocenters. The van der Waals surface area contributed by atoms with E-state index in [0.29, 0.717) is 36.4 Å². The highest BCUT2D eigenvalue weighted by atomic mass is 16.5. The van der Waals surface area contributed by atoms with Gasteiger partial charge in [-0.2, -0.15) is 0 Å². The Morgan fingerprint density at radius 3 is 2.71 bits per heavy atom. The maximum Gasteiger partial charge on any atom is 0.138 e. The van der Waals surface area contributed by atoms with Gasteiger partial charge >= 0.3 is 0 Å². The molecule has 0 aromatic heterocycles. The average molecular weight is 385 g/mol. The van der Waals surface area contributed by atoms with E-state index in [1.165, 1.54) is 0 Å². The van der Waals surface area contributed by atoms with Gasteiger partial charge in [0.25, 0.3) is 0 Å². The zero-order chi connectivity index (χ0) is 20.1. The molecule has 2 fully saturated rings. The molecule has 2 heterocycles. The zero-order valence-electron chi connectivity index (χ0n) is 17.4. The van der Waals surface area contributed by atoms with Crippen molar-refractivity contribution in [2.45, 2.75) is 78.0 Å². The van der Waals surface area contributed by atoms with Gasteiger partial charge in [-0.25, -0.2) is 0 Å². The van der Waals surface area contributed by atoms with Gasteiger partial charge in [0.1, 0.15) is 22.9 Å². The van der Waals surface area contributed by atoms with Crippen LogP contribution in [0.25, 0.3) is 0 Å². The number of nitrogens with two attached hydrogens (primary N) is 1. The number of phenols is 1. The normalized spacial score (nSPS) is 40.5. The molecular weight excluding hydrogens is 352 g/mol. The minimum Gasteiger partial charge on any atom is -0.508 e. The van der Waals surface area contributed by atoms with Crippen LogP contribution in [0.2, 0.25) is 0 Å². The summed E-state index contributed by atoms with van der Waals surface area (Å²) in [5.41, 5.74) is 8.32. The van der Waals surface area contributed by atoms with Crippen LogP contribution >= 0.6 is 0 Å². The number of aromatic hydroxyl groups is 1. The second-order valence-corrected chi connectivity index (χ2v) is 10.4. The monoisotopic (exact) mass is 384 g/mol. The first-order chi connectivity index (χ1) is 13.1. The summed E-state index contributed by atoms with van der Waals surface area (Å²) in [5.74, 6) is 2.32. The lowest BCUT2D eigenvalue weighted by Gasteiger charge is -2.64. The van der Waals surface area contributed by atoms with Crippen LogP contribution in [0.15, 0.2) is 11.1 Å². The van der Waals surface area contributed by atoms with Gasteiger partial charge in [0.15, 0.2) is 0 Å². The number of aliphatic hydroxyl groups excluding tert-OH is 1. The Balaban J connectivity index is 1.66. The summed E-state index contributed by atoms with van der Waals surface area (Å²) in [6.45, 7) is 9.59. The number of rotatable bonds is 0. The Morgan fingerprint density at radius 1 is 1.21 bits per heavy atom. The molecule has 2 aliphatic carbocycles. The molecule has 28 heavy (non-hydrogen) atoms. The molecule has 5 heteroatoms. The van der Waals surface area contributed by atoms with Crippen LogP contribution in [0.5, 0.6) is 11.5 Å². The lowest BCUT2D eigenvalue weighted by Crippen LogP contribution is -2.66. The number of amidine groups is 1. The Kier molecular flexibility index (Phi) is 3.55. The average Bonchev–Trinajstić information content (AvgIpc) is 3.20. The van der Waals surface area contributed by atoms with E-state index >= 15 is 0 Å². The van der Waals surface area contributed by atoms with Crippen molar-refractivity contribution in [2.75, 3.05) is 0 Å². The number of hydrogen-bond donors (Lipinski definition) is 3. The number of aliphatic imine (C=N–C) groups is 1. The third kappa shape index (κ3) is 1.99. The van der Waals surface area contributed by atoms with Crippen LogP contribution in [0.4, 0.5) is 0 Å². The van der Waals surface area contributed by atoms with Crippen molar-refractivity contribution in [1.29, 1.82) is 0 Å². The van der Waals surface area contributed by atoms with Crippen molar-refractivity contribution in [2.24, 2.45) is 33.4 Å². The summed E-state index contributed by atoms with van der Waals surface area (Å²) in [7, 11) is 0. The van der Waals surface area contributed by atoms with Gasteiger partial charge in [-0.05, 0) is 54.6 Å². The summed E-state index contributed by atoms with van der Waals surface area (Å²) < 4.78 is 6.94. The van der Waals surface area contributed by atoms with Gasteiger partial charge in [-0.3, -0.25) is 4.99 Å². The first-order valence-corrected chi connectivity index (χ1v) is 10.7. The molecule has 0 bridgehead atoms. The maximum atomic E-state index is 10.8.